The first-order valence-corrected chi connectivity index (χ1v) is 10.1. The smallest absolute Gasteiger partial charge is 0.241 e. The molecule has 4 rings (SSSR count). The van der Waals surface area contributed by atoms with Crippen LogP contribution in [0, 0.1) is 0 Å². The summed E-state index contributed by atoms with van der Waals surface area (Å²) in [7, 11) is -3.58. The maximum atomic E-state index is 12.6. The molecule has 2 aromatic rings. The Bertz CT molecular complexity index is 915. The van der Waals surface area contributed by atoms with E-state index in [1.807, 2.05) is 11.8 Å². The fourth-order valence-electron chi connectivity index (χ4n) is 3.37. The van der Waals surface area contributed by atoms with Crippen molar-refractivity contribution in [2.24, 2.45) is 0 Å². The molecule has 0 amide bonds. The highest BCUT2D eigenvalue weighted by Gasteiger charge is 2.41. The summed E-state index contributed by atoms with van der Waals surface area (Å²) in [5.41, 5.74) is -0.566. The number of aromatic nitrogens is 1. The Morgan fingerprint density at radius 2 is 2.04 bits per heavy atom. The second-order valence-electron chi connectivity index (χ2n) is 7.85. The van der Waals surface area contributed by atoms with Crippen molar-refractivity contribution in [3.63, 3.8) is 0 Å². The van der Waals surface area contributed by atoms with Gasteiger partial charge in [0.25, 0.3) is 0 Å². The normalized spacial score (nSPS) is 26.1. The molecule has 1 aromatic heterocycles. The number of piperidine rings is 1. The largest absolute Gasteiger partial charge is 0.388 e. The van der Waals surface area contributed by atoms with Crippen molar-refractivity contribution >= 4 is 26.8 Å². The average Bonchev–Trinajstić information content (AvgIpc) is 3.09. The molecule has 0 spiro atoms. The summed E-state index contributed by atoms with van der Waals surface area (Å²) in [6, 6.07) is 4.79. The number of fused-ring (bicyclic) bond motifs is 1. The van der Waals surface area contributed by atoms with Crippen LogP contribution >= 0.6 is 0 Å². The van der Waals surface area contributed by atoms with Crippen LogP contribution in [0.1, 0.15) is 39.5 Å². The highest BCUT2D eigenvalue weighted by molar-refractivity contribution is 7.89. The zero-order valence-electron chi connectivity index (χ0n) is 14.4. The van der Waals surface area contributed by atoms with Gasteiger partial charge in [-0.05, 0) is 57.7 Å². The van der Waals surface area contributed by atoms with E-state index in [-0.39, 0.29) is 10.4 Å². The monoisotopic (exact) mass is 365 g/mol. The Morgan fingerprint density at radius 3 is 2.72 bits per heavy atom. The molecule has 2 N–H and O–H groups in total. The third-order valence-corrected chi connectivity index (χ3v) is 6.72. The van der Waals surface area contributed by atoms with E-state index in [1.54, 1.807) is 19.1 Å². The van der Waals surface area contributed by atoms with Gasteiger partial charge in [0, 0.05) is 18.6 Å². The first kappa shape index (κ1) is 16.8. The van der Waals surface area contributed by atoms with Crippen molar-refractivity contribution < 1.29 is 18.0 Å². The first-order chi connectivity index (χ1) is 11.7. The summed E-state index contributed by atoms with van der Waals surface area (Å²) in [4.78, 5) is 2.17. The minimum Gasteiger partial charge on any atom is -0.388 e. The molecular formula is C17H23N3O4S. The predicted molar refractivity (Wildman–Crippen MR) is 94.0 cm³/mol. The average molecular weight is 365 g/mol. The topological polar surface area (TPSA) is 95.7 Å². The quantitative estimate of drug-likeness (QED) is 0.860. The van der Waals surface area contributed by atoms with Crippen LogP contribution in [0.15, 0.2) is 27.6 Å². The molecule has 136 valence electrons. The Labute approximate surface area is 147 Å². The summed E-state index contributed by atoms with van der Waals surface area (Å²) >= 11 is 0. The van der Waals surface area contributed by atoms with Crippen LogP contribution in [0.2, 0.25) is 0 Å². The third-order valence-electron chi connectivity index (χ3n) is 5.09. The van der Waals surface area contributed by atoms with E-state index in [1.165, 1.54) is 6.07 Å². The fourth-order valence-corrected chi connectivity index (χ4v) is 4.86. The minimum absolute atomic E-state index is 0.210. The van der Waals surface area contributed by atoms with Gasteiger partial charge < -0.3 is 14.5 Å². The molecule has 1 atom stereocenters. The number of rotatable bonds is 4. The molecular weight excluding hydrogens is 342 g/mol. The summed E-state index contributed by atoms with van der Waals surface area (Å²) in [5.74, 6) is 0.588. The molecule has 2 fully saturated rings. The van der Waals surface area contributed by atoms with E-state index >= 15 is 0 Å². The zero-order valence-corrected chi connectivity index (χ0v) is 15.3. The lowest BCUT2D eigenvalue weighted by Gasteiger charge is -2.36. The van der Waals surface area contributed by atoms with E-state index in [9.17, 15) is 13.5 Å². The third kappa shape index (κ3) is 3.26. The molecule has 0 unspecified atom stereocenters. The van der Waals surface area contributed by atoms with Crippen LogP contribution in [-0.2, 0) is 10.0 Å². The van der Waals surface area contributed by atoms with Gasteiger partial charge in [-0.3, -0.25) is 0 Å². The predicted octanol–water partition coefficient (Wildman–Crippen LogP) is 2.01. The second-order valence-corrected chi connectivity index (χ2v) is 9.53. The lowest BCUT2D eigenvalue weighted by Crippen LogP contribution is -2.46. The van der Waals surface area contributed by atoms with Crippen LogP contribution in [0.5, 0.6) is 0 Å². The lowest BCUT2D eigenvalue weighted by molar-refractivity contribution is 0.0446. The van der Waals surface area contributed by atoms with Crippen LogP contribution < -0.4 is 9.62 Å². The first-order valence-electron chi connectivity index (χ1n) is 8.58. The fraction of sp³-hybridized carbons (Fsp3) is 0.588. The van der Waals surface area contributed by atoms with E-state index in [4.69, 9.17) is 4.52 Å². The molecule has 1 aliphatic heterocycles. The van der Waals surface area contributed by atoms with Crippen LogP contribution in [0.25, 0.3) is 11.0 Å². The van der Waals surface area contributed by atoms with Gasteiger partial charge in [0.2, 0.25) is 10.0 Å². The Hall–Kier alpha value is -1.64. The molecule has 2 heterocycles. The molecule has 1 aromatic carbocycles. The van der Waals surface area contributed by atoms with E-state index < -0.39 is 15.6 Å². The van der Waals surface area contributed by atoms with Crippen LogP contribution in [-0.4, -0.2) is 42.9 Å². The van der Waals surface area contributed by atoms with Crippen molar-refractivity contribution in [1.29, 1.82) is 0 Å². The Kier molecular flexibility index (Phi) is 3.65. The summed E-state index contributed by atoms with van der Waals surface area (Å²) in [5, 5.41) is 15.1. The molecule has 1 saturated heterocycles. The molecule has 1 aliphatic carbocycles. The molecule has 7 nitrogen and oxygen atoms in total. The van der Waals surface area contributed by atoms with Crippen molar-refractivity contribution in [3.8, 4) is 0 Å². The van der Waals surface area contributed by atoms with Gasteiger partial charge >= 0.3 is 0 Å². The van der Waals surface area contributed by atoms with Crippen molar-refractivity contribution in [2.75, 3.05) is 18.0 Å². The number of sulfonamides is 1. The van der Waals surface area contributed by atoms with Crippen LogP contribution in [0.4, 0.5) is 5.82 Å². The van der Waals surface area contributed by atoms with E-state index in [0.29, 0.717) is 23.3 Å². The summed E-state index contributed by atoms with van der Waals surface area (Å²) < 4.78 is 33.4. The number of aliphatic hydroxyl groups is 1. The number of nitrogens with zero attached hydrogens (tertiary/aromatic N) is 2. The van der Waals surface area contributed by atoms with Gasteiger partial charge in [-0.15, -0.1) is 0 Å². The Balaban J connectivity index is 1.70. The molecule has 0 radical (unpaired) electrons. The van der Waals surface area contributed by atoms with Crippen LogP contribution in [0.3, 0.4) is 0 Å². The molecule has 0 bridgehead atoms. The maximum Gasteiger partial charge on any atom is 0.241 e. The standard InChI is InChI=1S/C17H23N3O4S/c1-16(7-8-16)19-25(22,23)12-4-5-14-13(10-12)15(18-24-14)20-9-3-6-17(2,21)11-20/h4-5,10,19,21H,3,6-9,11H2,1-2H3/t17-/m1/s1. The zero-order chi connectivity index (χ0) is 17.9. The SMILES string of the molecule is CC1(NS(=O)(=O)c2ccc3onc(N4CCC[C@@](C)(O)C4)c3c2)CC1. The van der Waals surface area contributed by atoms with E-state index in [2.05, 4.69) is 9.88 Å². The van der Waals surface area contributed by atoms with Crippen molar-refractivity contribution in [2.45, 2.75) is 55.6 Å². The molecule has 8 heteroatoms. The number of β-amino-alcohol motifs (C(OH)–C–C–N with tert-alkyl or cyclic N) is 1. The van der Waals surface area contributed by atoms with Gasteiger partial charge in [0.05, 0.1) is 15.9 Å². The number of hydrogen-bond acceptors (Lipinski definition) is 6. The summed E-state index contributed by atoms with van der Waals surface area (Å²) in [6.45, 7) is 4.91. The number of hydrogen-bond donors (Lipinski definition) is 2. The molecule has 25 heavy (non-hydrogen) atoms. The number of benzene rings is 1. The molecule has 2 aliphatic rings. The molecule has 1 saturated carbocycles. The second kappa shape index (κ2) is 5.43. The Morgan fingerprint density at radius 1 is 1.28 bits per heavy atom. The summed E-state index contributed by atoms with van der Waals surface area (Å²) in [6.07, 6.45) is 3.30. The number of nitrogens with one attached hydrogen (secondary N) is 1. The van der Waals surface area contributed by atoms with E-state index in [0.717, 1.165) is 32.2 Å². The van der Waals surface area contributed by atoms with Gasteiger partial charge in [-0.2, -0.15) is 0 Å². The van der Waals surface area contributed by atoms with Gasteiger partial charge in [-0.1, -0.05) is 5.16 Å². The highest BCUT2D eigenvalue weighted by atomic mass is 32.2. The minimum atomic E-state index is -3.58. The maximum absolute atomic E-state index is 12.6. The van der Waals surface area contributed by atoms with Gasteiger partial charge in [-0.25, -0.2) is 13.1 Å². The lowest BCUT2D eigenvalue weighted by atomic mass is 9.95. The van der Waals surface area contributed by atoms with Crippen molar-refractivity contribution in [1.82, 2.24) is 9.88 Å². The highest BCUT2D eigenvalue weighted by Crippen LogP contribution is 2.37. The van der Waals surface area contributed by atoms with Gasteiger partial charge in [0.15, 0.2) is 11.4 Å². The van der Waals surface area contributed by atoms with Gasteiger partial charge in [0.1, 0.15) is 0 Å². The van der Waals surface area contributed by atoms with Crippen molar-refractivity contribution in [3.05, 3.63) is 18.2 Å². The number of anilines is 1.